The number of phenolic OH excluding ortho intramolecular Hbond substituents is 1. The predicted molar refractivity (Wildman–Crippen MR) is 121 cm³/mol. The normalized spacial score (nSPS) is 26.2. The van der Waals surface area contributed by atoms with Crippen LogP contribution in [0.15, 0.2) is 29.8 Å². The van der Waals surface area contributed by atoms with Gasteiger partial charge in [0.1, 0.15) is 23.7 Å². The van der Waals surface area contributed by atoms with Gasteiger partial charge in [-0.2, -0.15) is 5.26 Å². The molecule has 1 aliphatic carbocycles. The number of aromatic hydroxyl groups is 1. The summed E-state index contributed by atoms with van der Waals surface area (Å²) in [5, 5.41) is 33.8. The van der Waals surface area contributed by atoms with E-state index < -0.39 is 6.17 Å². The number of thiazole rings is 1. The lowest BCUT2D eigenvalue weighted by Gasteiger charge is -2.40. The molecule has 2 saturated heterocycles. The van der Waals surface area contributed by atoms with E-state index in [-0.39, 0.29) is 23.9 Å². The lowest BCUT2D eigenvalue weighted by Crippen LogP contribution is -2.57. The quantitative estimate of drug-likeness (QED) is 0.592. The lowest BCUT2D eigenvalue weighted by atomic mass is 9.96. The second kappa shape index (κ2) is 8.01. The third-order valence-corrected chi connectivity index (χ3v) is 7.55. The molecule has 168 valence electrons. The van der Waals surface area contributed by atoms with Crippen LogP contribution in [0, 0.1) is 11.3 Å². The summed E-state index contributed by atoms with van der Waals surface area (Å²) in [7, 11) is 0. The Bertz CT molecular complexity index is 1220. The van der Waals surface area contributed by atoms with E-state index >= 15 is 4.39 Å². The fraction of sp³-hybridized carbons (Fsp3) is 0.435. The van der Waals surface area contributed by atoms with Crippen LogP contribution in [0.4, 0.5) is 10.3 Å². The maximum absolute atomic E-state index is 15.2. The van der Waals surface area contributed by atoms with Crippen LogP contribution in [0.3, 0.4) is 0 Å². The first-order valence-corrected chi connectivity index (χ1v) is 12.1. The average Bonchev–Trinajstić information content (AvgIpc) is 3.39. The number of hydrogen-bond donors (Lipinski definition) is 2. The second-order valence-electron chi connectivity index (χ2n) is 8.96. The van der Waals surface area contributed by atoms with E-state index in [1.807, 2.05) is 17.0 Å². The minimum absolute atomic E-state index is 0.0284. The number of alkyl halides is 1. The highest BCUT2D eigenvalue weighted by molar-refractivity contribution is 7.10. The third kappa shape index (κ3) is 3.71. The minimum atomic E-state index is -0.948. The van der Waals surface area contributed by atoms with Crippen LogP contribution in [-0.4, -0.2) is 55.6 Å². The Morgan fingerprint density at radius 3 is 2.76 bits per heavy atom. The van der Waals surface area contributed by atoms with Gasteiger partial charge in [0.25, 0.3) is 0 Å². The lowest BCUT2D eigenvalue weighted by molar-refractivity contribution is 0.171. The van der Waals surface area contributed by atoms with Crippen molar-refractivity contribution >= 4 is 17.3 Å². The van der Waals surface area contributed by atoms with Gasteiger partial charge in [-0.3, -0.25) is 0 Å². The maximum Gasteiger partial charge on any atom is 0.245 e. The summed E-state index contributed by atoms with van der Waals surface area (Å²) in [5.41, 5.74) is 2.29. The number of phenols is 1. The molecule has 6 rings (SSSR count). The summed E-state index contributed by atoms with van der Waals surface area (Å²) in [6.45, 7) is 0. The fourth-order valence-corrected chi connectivity index (χ4v) is 5.67. The molecule has 3 aromatic rings. The van der Waals surface area contributed by atoms with Crippen molar-refractivity contribution in [2.75, 3.05) is 4.90 Å². The number of benzene rings is 1. The Labute approximate surface area is 194 Å². The average molecular weight is 464 g/mol. The van der Waals surface area contributed by atoms with Crippen molar-refractivity contribution in [3.8, 4) is 34.3 Å². The molecule has 2 aromatic heterocycles. The first-order chi connectivity index (χ1) is 16.1. The Morgan fingerprint density at radius 1 is 1.18 bits per heavy atom. The number of piperidine rings is 1. The number of rotatable bonds is 5. The molecule has 4 heterocycles. The summed E-state index contributed by atoms with van der Waals surface area (Å²) in [6, 6.07) is 7.48. The SMILES string of the molecule is N#Cc1nc(-c2ccc(-c3cnc(N(C4CC4)[C@@H]4C[C@@H]5CC[C@H](N5)[C@@H]4F)nn3)c(O)c2)cs1. The predicted octanol–water partition coefficient (Wildman–Crippen LogP) is 3.44. The van der Waals surface area contributed by atoms with E-state index in [0.29, 0.717) is 39.5 Å². The van der Waals surface area contributed by atoms with Gasteiger partial charge in [0, 0.05) is 34.6 Å². The molecule has 10 heteroatoms. The zero-order chi connectivity index (χ0) is 22.5. The third-order valence-electron chi connectivity index (χ3n) is 6.80. The number of fused-ring (bicyclic) bond motifs is 2. The highest BCUT2D eigenvalue weighted by Gasteiger charge is 2.48. The number of aromatic nitrogens is 4. The van der Waals surface area contributed by atoms with Crippen molar-refractivity contribution in [2.24, 2.45) is 0 Å². The van der Waals surface area contributed by atoms with Crippen molar-refractivity contribution in [3.63, 3.8) is 0 Å². The summed E-state index contributed by atoms with van der Waals surface area (Å²) < 4.78 is 15.2. The molecular weight excluding hydrogens is 441 g/mol. The number of anilines is 1. The van der Waals surface area contributed by atoms with Crippen LogP contribution in [0.1, 0.15) is 37.1 Å². The topological polar surface area (TPSA) is 111 Å². The summed E-state index contributed by atoms with van der Waals surface area (Å²) >= 11 is 1.26. The highest BCUT2D eigenvalue weighted by Crippen LogP contribution is 2.39. The zero-order valence-electron chi connectivity index (χ0n) is 17.7. The molecule has 4 atom stereocenters. The zero-order valence-corrected chi connectivity index (χ0v) is 18.5. The number of nitrogens with one attached hydrogen (secondary N) is 1. The monoisotopic (exact) mass is 463 g/mol. The van der Waals surface area contributed by atoms with Crippen LogP contribution in [-0.2, 0) is 0 Å². The molecule has 1 aromatic carbocycles. The molecule has 3 aliphatic rings. The van der Waals surface area contributed by atoms with E-state index in [1.165, 1.54) is 11.3 Å². The Morgan fingerprint density at radius 2 is 2.06 bits per heavy atom. The van der Waals surface area contributed by atoms with E-state index in [9.17, 15) is 5.11 Å². The van der Waals surface area contributed by atoms with Gasteiger partial charge in [-0.05, 0) is 44.2 Å². The number of halogens is 1. The first kappa shape index (κ1) is 20.4. The molecule has 2 bridgehead atoms. The van der Waals surface area contributed by atoms with Crippen molar-refractivity contribution in [1.82, 2.24) is 25.5 Å². The van der Waals surface area contributed by atoms with Crippen LogP contribution in [0.5, 0.6) is 5.75 Å². The molecular formula is C23H22FN7OS. The Kier molecular flexibility index (Phi) is 4.96. The molecule has 2 N–H and O–H groups in total. The summed E-state index contributed by atoms with van der Waals surface area (Å²) in [6.07, 6.45) is 5.33. The molecule has 1 saturated carbocycles. The highest BCUT2D eigenvalue weighted by atomic mass is 32.1. The van der Waals surface area contributed by atoms with E-state index in [0.717, 1.165) is 32.1 Å². The molecule has 0 spiro atoms. The Balaban J connectivity index is 1.26. The molecule has 2 aliphatic heterocycles. The van der Waals surface area contributed by atoms with Crippen LogP contribution in [0.2, 0.25) is 0 Å². The fourth-order valence-electron chi connectivity index (χ4n) is 5.06. The maximum atomic E-state index is 15.2. The number of nitriles is 1. The Hall–Kier alpha value is -3.16. The van der Waals surface area contributed by atoms with Crippen LogP contribution < -0.4 is 10.2 Å². The van der Waals surface area contributed by atoms with Gasteiger partial charge in [0.15, 0.2) is 5.01 Å². The minimum Gasteiger partial charge on any atom is -0.507 e. The van der Waals surface area contributed by atoms with Crippen molar-refractivity contribution in [2.45, 2.75) is 62.4 Å². The van der Waals surface area contributed by atoms with Gasteiger partial charge >= 0.3 is 0 Å². The smallest absolute Gasteiger partial charge is 0.245 e. The standard InChI is InChI=1S/C23H22FN7OS/c24-22-16-6-2-13(27-16)8-19(22)31(14-3-4-14)23-26-10-17(29-30-23)15-5-1-12(7-20(15)32)18-11-33-21(9-25)28-18/h1,5,7,10-11,13-14,16,19,22,27,32H,2-4,6,8H2/t13-,16-,19+,22-/m0/s1. The van der Waals surface area contributed by atoms with Crippen molar-refractivity contribution in [1.29, 1.82) is 5.26 Å². The van der Waals surface area contributed by atoms with Crippen LogP contribution >= 0.6 is 11.3 Å². The van der Waals surface area contributed by atoms with E-state index in [2.05, 4.69) is 25.5 Å². The van der Waals surface area contributed by atoms with Gasteiger partial charge in [-0.1, -0.05) is 6.07 Å². The van der Waals surface area contributed by atoms with Gasteiger partial charge in [0.05, 0.1) is 17.9 Å². The molecule has 0 unspecified atom stereocenters. The molecule has 3 fully saturated rings. The number of hydrogen-bond acceptors (Lipinski definition) is 9. The van der Waals surface area contributed by atoms with E-state index in [4.69, 9.17) is 5.26 Å². The van der Waals surface area contributed by atoms with Gasteiger partial charge in [0.2, 0.25) is 5.95 Å². The molecule has 0 radical (unpaired) electrons. The van der Waals surface area contributed by atoms with E-state index in [1.54, 1.807) is 23.7 Å². The van der Waals surface area contributed by atoms with Gasteiger partial charge in [-0.15, -0.1) is 21.5 Å². The second-order valence-corrected chi connectivity index (χ2v) is 9.82. The molecule has 0 amide bonds. The van der Waals surface area contributed by atoms with Crippen molar-refractivity contribution in [3.05, 3.63) is 34.8 Å². The van der Waals surface area contributed by atoms with Crippen LogP contribution in [0.25, 0.3) is 22.5 Å². The first-order valence-electron chi connectivity index (χ1n) is 11.2. The molecule has 33 heavy (non-hydrogen) atoms. The summed E-state index contributed by atoms with van der Waals surface area (Å²) in [4.78, 5) is 10.8. The number of nitrogens with zero attached hydrogens (tertiary/aromatic N) is 6. The largest absolute Gasteiger partial charge is 0.507 e. The van der Waals surface area contributed by atoms with Crippen molar-refractivity contribution < 1.29 is 9.50 Å². The summed E-state index contributed by atoms with van der Waals surface area (Å²) in [5.74, 6) is 0.485. The molecule has 8 nitrogen and oxygen atoms in total. The van der Waals surface area contributed by atoms with Gasteiger partial charge < -0.3 is 15.3 Å². The van der Waals surface area contributed by atoms with Gasteiger partial charge in [-0.25, -0.2) is 14.4 Å².